The summed E-state index contributed by atoms with van der Waals surface area (Å²) in [6, 6.07) is 8.37. The van der Waals surface area contributed by atoms with E-state index >= 15 is 0 Å². The molecule has 4 rings (SSSR count). The van der Waals surface area contributed by atoms with E-state index in [2.05, 4.69) is 0 Å². The highest BCUT2D eigenvalue weighted by atomic mass is 16.6. The zero-order valence-electron chi connectivity index (χ0n) is 25.3. The predicted octanol–water partition coefficient (Wildman–Crippen LogP) is 3.25. The van der Waals surface area contributed by atoms with Crippen molar-refractivity contribution >= 4 is 17.9 Å². The molecule has 1 aromatic carbocycles. The lowest BCUT2D eigenvalue weighted by Gasteiger charge is -2.61. The molecule has 2 fully saturated rings. The molecule has 1 heterocycles. The van der Waals surface area contributed by atoms with Crippen molar-refractivity contribution in [3.63, 3.8) is 0 Å². The highest BCUT2D eigenvalue weighted by molar-refractivity contribution is 5.89. The summed E-state index contributed by atoms with van der Waals surface area (Å²) in [4.78, 5) is 38.5. The second kappa shape index (κ2) is 12.1. The van der Waals surface area contributed by atoms with Gasteiger partial charge in [-0.15, -0.1) is 0 Å². The van der Waals surface area contributed by atoms with Crippen LogP contribution in [0.5, 0.6) is 0 Å². The van der Waals surface area contributed by atoms with Crippen LogP contribution in [0.4, 0.5) is 0 Å². The van der Waals surface area contributed by atoms with Gasteiger partial charge in [-0.2, -0.15) is 0 Å². The van der Waals surface area contributed by atoms with Gasteiger partial charge >= 0.3 is 17.9 Å². The maximum absolute atomic E-state index is 13.6. The van der Waals surface area contributed by atoms with Gasteiger partial charge in [-0.05, 0) is 50.3 Å². The lowest BCUT2D eigenvalue weighted by atomic mass is 9.53. The number of hydrogen-bond acceptors (Lipinski definition) is 10. The smallest absolute Gasteiger partial charge is 0.338 e. The van der Waals surface area contributed by atoms with Crippen LogP contribution in [0.3, 0.4) is 0 Å². The molecular formula is C32H44O10. The van der Waals surface area contributed by atoms with Crippen LogP contribution in [0.15, 0.2) is 41.5 Å². The molecule has 0 aromatic heterocycles. The molecular weight excluding hydrogens is 544 g/mol. The van der Waals surface area contributed by atoms with E-state index in [1.54, 1.807) is 44.2 Å². The second-order valence-electron chi connectivity index (χ2n) is 12.5. The van der Waals surface area contributed by atoms with Crippen molar-refractivity contribution in [2.45, 2.75) is 115 Å². The first kappa shape index (κ1) is 32.1. The van der Waals surface area contributed by atoms with Gasteiger partial charge in [0.15, 0.2) is 5.60 Å². The summed E-state index contributed by atoms with van der Waals surface area (Å²) >= 11 is 0. The van der Waals surface area contributed by atoms with Crippen molar-refractivity contribution in [1.29, 1.82) is 0 Å². The fourth-order valence-electron chi connectivity index (χ4n) is 7.26. The Morgan fingerprint density at radius 1 is 1.10 bits per heavy atom. The summed E-state index contributed by atoms with van der Waals surface area (Å²) in [5.74, 6) is -2.90. The number of carbonyl (C=O) groups is 3. The van der Waals surface area contributed by atoms with Gasteiger partial charge in [-0.3, -0.25) is 9.59 Å². The molecule has 0 radical (unpaired) electrons. The number of hydrogen-bond donors (Lipinski definition) is 3. The predicted molar refractivity (Wildman–Crippen MR) is 151 cm³/mol. The molecule has 1 aliphatic heterocycles. The van der Waals surface area contributed by atoms with Gasteiger partial charge in [-0.25, -0.2) is 4.79 Å². The molecule has 3 aliphatic rings. The molecule has 2 aliphatic carbocycles. The average Bonchev–Trinajstić information content (AvgIpc) is 2.92. The summed E-state index contributed by atoms with van der Waals surface area (Å²) in [5, 5.41) is 35.1. The van der Waals surface area contributed by atoms with Crippen LogP contribution in [0.2, 0.25) is 0 Å². The van der Waals surface area contributed by atoms with Gasteiger partial charge in [-0.1, -0.05) is 44.5 Å². The van der Waals surface area contributed by atoms with Crippen LogP contribution in [-0.2, 0) is 28.5 Å². The van der Waals surface area contributed by atoms with Gasteiger partial charge < -0.3 is 34.3 Å². The molecule has 3 N–H and O–H groups in total. The third-order valence-corrected chi connectivity index (χ3v) is 9.57. The number of rotatable bonds is 8. The monoisotopic (exact) mass is 588 g/mol. The first-order valence-electron chi connectivity index (χ1n) is 14.7. The van der Waals surface area contributed by atoms with E-state index in [0.717, 1.165) is 5.57 Å². The Morgan fingerprint density at radius 2 is 1.76 bits per heavy atom. The van der Waals surface area contributed by atoms with Crippen molar-refractivity contribution in [2.24, 2.45) is 11.3 Å². The molecule has 10 heteroatoms. The Balaban J connectivity index is 1.94. The summed E-state index contributed by atoms with van der Waals surface area (Å²) in [6.07, 6.45) is -4.26. The molecule has 1 saturated heterocycles. The van der Waals surface area contributed by atoms with E-state index in [4.69, 9.17) is 18.9 Å². The van der Waals surface area contributed by atoms with Crippen LogP contribution in [0.1, 0.15) is 84.0 Å². The molecule has 2 bridgehead atoms. The quantitative estimate of drug-likeness (QED) is 0.235. The van der Waals surface area contributed by atoms with Crippen molar-refractivity contribution in [1.82, 2.24) is 0 Å². The minimum Gasteiger partial charge on any atom is -0.455 e. The Morgan fingerprint density at radius 3 is 2.31 bits per heavy atom. The van der Waals surface area contributed by atoms with E-state index in [-0.39, 0.29) is 31.4 Å². The van der Waals surface area contributed by atoms with Crippen LogP contribution in [0.25, 0.3) is 0 Å². The largest absolute Gasteiger partial charge is 0.455 e. The number of carbonyl (C=O) groups excluding carboxylic acids is 3. The van der Waals surface area contributed by atoms with Gasteiger partial charge in [0.2, 0.25) is 0 Å². The van der Waals surface area contributed by atoms with Crippen LogP contribution in [0, 0.1) is 11.3 Å². The van der Waals surface area contributed by atoms with Crippen molar-refractivity contribution in [2.75, 3.05) is 6.61 Å². The van der Waals surface area contributed by atoms with Crippen molar-refractivity contribution in [3.05, 3.63) is 47.0 Å². The maximum atomic E-state index is 13.6. The highest BCUT2D eigenvalue weighted by Crippen LogP contribution is 2.58. The van der Waals surface area contributed by atoms with Gasteiger partial charge in [0, 0.05) is 31.6 Å². The van der Waals surface area contributed by atoms with Gasteiger partial charge in [0.25, 0.3) is 0 Å². The Hall–Kier alpha value is -2.79. The van der Waals surface area contributed by atoms with E-state index in [9.17, 15) is 29.7 Å². The molecule has 10 nitrogen and oxygen atoms in total. The number of aliphatic hydroxyl groups is 3. The van der Waals surface area contributed by atoms with E-state index < -0.39 is 71.0 Å². The molecule has 8 atom stereocenters. The van der Waals surface area contributed by atoms with E-state index in [0.29, 0.717) is 18.4 Å². The summed E-state index contributed by atoms with van der Waals surface area (Å²) in [5.41, 5.74) is -2.63. The number of aliphatic hydroxyl groups excluding tert-OH is 2. The summed E-state index contributed by atoms with van der Waals surface area (Å²) in [7, 11) is 0. The van der Waals surface area contributed by atoms with Crippen LogP contribution in [-0.4, -0.2) is 81.6 Å². The number of benzene rings is 1. The molecule has 0 spiro atoms. The molecule has 0 amide bonds. The van der Waals surface area contributed by atoms with Crippen LogP contribution < -0.4 is 0 Å². The topological polar surface area (TPSA) is 149 Å². The molecule has 232 valence electrons. The lowest BCUT2D eigenvalue weighted by molar-refractivity contribution is -0.309. The minimum absolute atomic E-state index is 0.0963. The molecule has 1 aromatic rings. The number of ether oxygens (including phenoxy) is 4. The zero-order valence-corrected chi connectivity index (χ0v) is 25.3. The van der Waals surface area contributed by atoms with E-state index in [1.165, 1.54) is 13.8 Å². The SMILES string of the molecule is CC[C@@H](O)C[C@H]1OC[C@@]1(OC(C)=O)[C@@H]1C[C@@H](O)[C@H](OC(C)=O)C2=C(C)CC[C@@](O)([C@H]1OC(=O)c1ccccc1)C2(C)C. The van der Waals surface area contributed by atoms with Gasteiger partial charge in [0.05, 0.1) is 24.4 Å². The second-order valence-corrected chi connectivity index (χ2v) is 12.5. The van der Waals surface area contributed by atoms with Crippen LogP contribution >= 0.6 is 0 Å². The number of fused-ring (bicyclic) bond motifs is 2. The molecule has 42 heavy (non-hydrogen) atoms. The third kappa shape index (κ3) is 5.62. The number of esters is 3. The Kier molecular flexibility index (Phi) is 9.23. The fourth-order valence-corrected chi connectivity index (χ4v) is 7.26. The van der Waals surface area contributed by atoms with Crippen molar-refractivity contribution in [3.8, 4) is 0 Å². The minimum atomic E-state index is -1.73. The fraction of sp³-hybridized carbons (Fsp3) is 0.656. The normalized spacial score (nSPS) is 34.7. The molecule has 1 saturated carbocycles. The Labute approximate surface area is 247 Å². The van der Waals surface area contributed by atoms with E-state index in [1.807, 2.05) is 13.8 Å². The summed E-state index contributed by atoms with van der Waals surface area (Å²) < 4.78 is 23.9. The van der Waals surface area contributed by atoms with Crippen molar-refractivity contribution < 1.29 is 48.7 Å². The Bertz CT molecular complexity index is 1210. The molecule has 0 unspecified atom stereocenters. The van der Waals surface area contributed by atoms with Gasteiger partial charge in [0.1, 0.15) is 23.9 Å². The summed E-state index contributed by atoms with van der Waals surface area (Å²) in [6.45, 7) is 9.68. The zero-order chi connectivity index (χ0) is 31.0. The first-order valence-corrected chi connectivity index (χ1v) is 14.7. The lowest BCUT2D eigenvalue weighted by Crippen LogP contribution is -2.74. The standard InChI is InChI=1S/C32H44O10/c1-7-22(35)15-25-31(17-39-25,42-20(4)34)23-16-24(36)27(40-19(3)33)26-18(2)13-14-32(38,30(26,5)6)28(23)41-29(37)21-11-9-8-10-12-21/h8-12,22-25,27-28,35-36,38H,7,13-17H2,1-6H3/t22-,23-,24-,25-,27+,28+,31-,32-/m1/s1. The average molecular weight is 589 g/mol. The third-order valence-electron chi connectivity index (χ3n) is 9.57. The first-order chi connectivity index (χ1) is 19.7. The highest BCUT2D eigenvalue weighted by Gasteiger charge is 2.68. The number of allylic oxidation sites excluding steroid dienone is 1. The maximum Gasteiger partial charge on any atom is 0.338 e.